The van der Waals surface area contributed by atoms with Crippen LogP contribution in [0.3, 0.4) is 0 Å². The van der Waals surface area contributed by atoms with Crippen LogP contribution in [0.4, 0.5) is 10.5 Å². The summed E-state index contributed by atoms with van der Waals surface area (Å²) < 4.78 is 10.4. The molecule has 2 aromatic carbocycles. The van der Waals surface area contributed by atoms with Crippen molar-refractivity contribution in [1.82, 2.24) is 10.2 Å². The molecule has 2 aromatic rings. The van der Waals surface area contributed by atoms with Gasteiger partial charge in [-0.2, -0.15) is 0 Å². The number of anilines is 1. The molecule has 8 nitrogen and oxygen atoms in total. The fraction of sp³-hybridized carbons (Fsp3) is 0.261. The number of carbonyl (C=O) groups is 3. The first-order valence-electron chi connectivity index (χ1n) is 9.86. The standard InChI is InChI=1S/C23H23N3O5/c1-13-7-8-14(2)17(9-13)21-20-18(12-31-22(20)28)26(23(29)25-21)11-19(27)24-15-5-4-6-16(10-15)30-3/h4-10,21H,11-12H2,1-3H3,(H,24,27)(H,25,29). The minimum atomic E-state index is -0.616. The topological polar surface area (TPSA) is 97.0 Å². The van der Waals surface area contributed by atoms with E-state index in [0.29, 0.717) is 22.7 Å². The van der Waals surface area contributed by atoms with Crippen molar-refractivity contribution in [2.75, 3.05) is 25.6 Å². The van der Waals surface area contributed by atoms with E-state index in [9.17, 15) is 14.4 Å². The molecule has 31 heavy (non-hydrogen) atoms. The SMILES string of the molecule is COc1cccc(NC(=O)CN2C(=O)NC(c3cc(C)ccc3C)C3=C2COC3=O)c1. The predicted octanol–water partition coefficient (Wildman–Crippen LogP) is 2.83. The van der Waals surface area contributed by atoms with Crippen LogP contribution in [0.1, 0.15) is 22.7 Å². The minimum absolute atomic E-state index is 0.0462. The first-order chi connectivity index (χ1) is 14.9. The van der Waals surface area contributed by atoms with Crippen molar-refractivity contribution in [2.45, 2.75) is 19.9 Å². The maximum absolute atomic E-state index is 12.9. The van der Waals surface area contributed by atoms with E-state index >= 15 is 0 Å². The lowest BCUT2D eigenvalue weighted by molar-refractivity contribution is -0.136. The number of aryl methyl sites for hydroxylation is 2. The molecule has 0 radical (unpaired) electrons. The fourth-order valence-corrected chi connectivity index (χ4v) is 3.83. The Morgan fingerprint density at radius 2 is 2.03 bits per heavy atom. The average Bonchev–Trinajstić information content (AvgIpc) is 3.13. The third-order valence-corrected chi connectivity index (χ3v) is 5.40. The highest BCUT2D eigenvalue weighted by molar-refractivity contribution is 6.00. The number of cyclic esters (lactones) is 1. The summed E-state index contributed by atoms with van der Waals surface area (Å²) in [5, 5.41) is 5.61. The molecule has 1 atom stereocenters. The smallest absolute Gasteiger partial charge is 0.338 e. The number of amides is 3. The summed E-state index contributed by atoms with van der Waals surface area (Å²) in [6.45, 7) is 3.58. The van der Waals surface area contributed by atoms with E-state index in [-0.39, 0.29) is 13.2 Å². The average molecular weight is 421 g/mol. The largest absolute Gasteiger partial charge is 0.497 e. The lowest BCUT2D eigenvalue weighted by Crippen LogP contribution is -2.49. The van der Waals surface area contributed by atoms with Crippen molar-refractivity contribution in [1.29, 1.82) is 0 Å². The van der Waals surface area contributed by atoms with E-state index in [2.05, 4.69) is 10.6 Å². The van der Waals surface area contributed by atoms with Crippen LogP contribution in [0.5, 0.6) is 5.75 Å². The zero-order chi connectivity index (χ0) is 22.1. The molecule has 2 aliphatic heterocycles. The van der Waals surface area contributed by atoms with Gasteiger partial charge in [0.25, 0.3) is 0 Å². The Morgan fingerprint density at radius 3 is 2.81 bits per heavy atom. The van der Waals surface area contributed by atoms with Gasteiger partial charge in [0, 0.05) is 11.8 Å². The van der Waals surface area contributed by atoms with E-state index in [1.807, 2.05) is 32.0 Å². The zero-order valence-corrected chi connectivity index (χ0v) is 17.5. The van der Waals surface area contributed by atoms with Gasteiger partial charge in [-0.1, -0.05) is 29.8 Å². The highest BCUT2D eigenvalue weighted by Gasteiger charge is 2.43. The molecule has 8 heteroatoms. The fourth-order valence-electron chi connectivity index (χ4n) is 3.83. The maximum Gasteiger partial charge on any atom is 0.338 e. The molecule has 0 aromatic heterocycles. The van der Waals surface area contributed by atoms with Crippen molar-refractivity contribution in [3.63, 3.8) is 0 Å². The molecule has 0 aliphatic carbocycles. The molecule has 2 N–H and O–H groups in total. The number of urea groups is 1. The number of rotatable bonds is 5. The van der Waals surface area contributed by atoms with Gasteiger partial charge in [-0.3, -0.25) is 9.69 Å². The molecule has 1 unspecified atom stereocenters. The van der Waals surface area contributed by atoms with E-state index in [1.54, 1.807) is 24.3 Å². The summed E-state index contributed by atoms with van der Waals surface area (Å²) in [4.78, 5) is 39.3. The number of nitrogens with zero attached hydrogens (tertiary/aromatic N) is 1. The van der Waals surface area contributed by atoms with Crippen LogP contribution < -0.4 is 15.4 Å². The number of esters is 1. The third kappa shape index (κ3) is 3.96. The summed E-state index contributed by atoms with van der Waals surface area (Å²) in [6.07, 6.45) is 0. The molecule has 0 fully saturated rings. The van der Waals surface area contributed by atoms with Gasteiger partial charge < -0.3 is 20.1 Å². The number of methoxy groups -OCH3 is 1. The number of ether oxygens (including phenoxy) is 2. The van der Waals surface area contributed by atoms with Gasteiger partial charge in [0.1, 0.15) is 18.9 Å². The Hall–Kier alpha value is -3.81. The van der Waals surface area contributed by atoms with Gasteiger partial charge in [0.2, 0.25) is 5.91 Å². The summed E-state index contributed by atoms with van der Waals surface area (Å²) >= 11 is 0. The van der Waals surface area contributed by atoms with Gasteiger partial charge in [-0.25, -0.2) is 9.59 Å². The van der Waals surface area contributed by atoms with Gasteiger partial charge in [0.05, 0.1) is 24.4 Å². The lowest BCUT2D eigenvalue weighted by Gasteiger charge is -2.33. The number of nitrogens with one attached hydrogen (secondary N) is 2. The number of hydrogen-bond acceptors (Lipinski definition) is 5. The molecule has 0 bridgehead atoms. The number of benzene rings is 2. The second-order valence-electron chi connectivity index (χ2n) is 7.55. The second-order valence-corrected chi connectivity index (χ2v) is 7.55. The summed E-state index contributed by atoms with van der Waals surface area (Å²) in [6, 6.07) is 11.7. The number of hydrogen-bond donors (Lipinski definition) is 2. The molecule has 160 valence electrons. The van der Waals surface area contributed by atoms with Crippen LogP contribution in [0, 0.1) is 13.8 Å². The highest BCUT2D eigenvalue weighted by Crippen LogP contribution is 2.36. The van der Waals surface area contributed by atoms with Crippen LogP contribution in [-0.2, 0) is 14.3 Å². The number of carbonyl (C=O) groups excluding carboxylic acids is 3. The van der Waals surface area contributed by atoms with Crippen LogP contribution >= 0.6 is 0 Å². The van der Waals surface area contributed by atoms with Crippen molar-refractivity contribution < 1.29 is 23.9 Å². The van der Waals surface area contributed by atoms with Crippen molar-refractivity contribution in [3.05, 3.63) is 70.4 Å². The van der Waals surface area contributed by atoms with Crippen molar-refractivity contribution >= 4 is 23.6 Å². The summed E-state index contributed by atoms with van der Waals surface area (Å²) in [7, 11) is 1.54. The molecule has 0 saturated carbocycles. The van der Waals surface area contributed by atoms with Crippen LogP contribution in [0.2, 0.25) is 0 Å². The molecule has 0 saturated heterocycles. The summed E-state index contributed by atoms with van der Waals surface area (Å²) in [5.74, 6) is -0.288. The zero-order valence-electron chi connectivity index (χ0n) is 17.5. The Labute approximate surface area is 179 Å². The van der Waals surface area contributed by atoms with Crippen molar-refractivity contribution in [2.24, 2.45) is 0 Å². The van der Waals surface area contributed by atoms with Gasteiger partial charge in [-0.15, -0.1) is 0 Å². The normalized spacial score (nSPS) is 17.8. The van der Waals surface area contributed by atoms with E-state index in [0.717, 1.165) is 16.7 Å². The Balaban J connectivity index is 1.61. The summed E-state index contributed by atoms with van der Waals surface area (Å²) in [5.41, 5.74) is 4.13. The van der Waals surface area contributed by atoms with Crippen molar-refractivity contribution in [3.8, 4) is 5.75 Å². The molecular weight excluding hydrogens is 398 g/mol. The van der Waals surface area contributed by atoms with E-state index < -0.39 is 23.9 Å². The Bertz CT molecular complexity index is 1110. The molecule has 2 heterocycles. The van der Waals surface area contributed by atoms with E-state index in [4.69, 9.17) is 9.47 Å². The Morgan fingerprint density at radius 1 is 1.23 bits per heavy atom. The van der Waals surface area contributed by atoms with Crippen LogP contribution in [-0.4, -0.2) is 43.1 Å². The molecule has 0 spiro atoms. The molecular formula is C23H23N3O5. The highest BCUT2D eigenvalue weighted by atomic mass is 16.5. The van der Waals surface area contributed by atoms with Crippen LogP contribution in [0.25, 0.3) is 0 Å². The molecule has 4 rings (SSSR count). The lowest BCUT2D eigenvalue weighted by atomic mass is 9.91. The monoisotopic (exact) mass is 421 g/mol. The minimum Gasteiger partial charge on any atom is -0.497 e. The molecule has 2 aliphatic rings. The van der Waals surface area contributed by atoms with Gasteiger partial charge in [0.15, 0.2) is 0 Å². The Kier molecular flexibility index (Phi) is 5.37. The van der Waals surface area contributed by atoms with Crippen LogP contribution in [0.15, 0.2) is 53.7 Å². The quantitative estimate of drug-likeness (QED) is 0.724. The third-order valence-electron chi connectivity index (χ3n) is 5.40. The first-order valence-corrected chi connectivity index (χ1v) is 9.86. The van der Waals surface area contributed by atoms with Gasteiger partial charge in [-0.05, 0) is 37.1 Å². The second kappa shape index (κ2) is 8.14. The van der Waals surface area contributed by atoms with E-state index in [1.165, 1.54) is 12.0 Å². The predicted molar refractivity (Wildman–Crippen MR) is 114 cm³/mol. The molecule has 3 amide bonds. The maximum atomic E-state index is 12.9. The van der Waals surface area contributed by atoms with Gasteiger partial charge >= 0.3 is 12.0 Å². The first kappa shape index (κ1) is 20.5.